The van der Waals surface area contributed by atoms with E-state index in [1.54, 1.807) is 24.0 Å². The third-order valence-electron chi connectivity index (χ3n) is 6.70. The maximum absolute atomic E-state index is 13.8. The van der Waals surface area contributed by atoms with Crippen molar-refractivity contribution in [1.82, 2.24) is 14.9 Å². The number of piperazine rings is 1. The molecule has 2 aliphatic rings. The lowest BCUT2D eigenvalue weighted by Crippen LogP contribution is -2.65. The first-order valence-electron chi connectivity index (χ1n) is 11.0. The van der Waals surface area contributed by atoms with Crippen molar-refractivity contribution in [2.45, 2.75) is 18.9 Å². The number of rotatable bonds is 5. The highest BCUT2D eigenvalue weighted by atomic mass is 16.5. The van der Waals surface area contributed by atoms with E-state index < -0.39 is 5.54 Å². The van der Waals surface area contributed by atoms with Crippen molar-refractivity contribution in [1.29, 1.82) is 0 Å². The number of carbonyl (C=O) groups excluding carboxylic acids is 2. The molecule has 1 N–H and O–H groups in total. The number of methoxy groups -OCH3 is 3. The van der Waals surface area contributed by atoms with Crippen LogP contribution in [-0.4, -0.2) is 67.3 Å². The highest BCUT2D eigenvalue weighted by Gasteiger charge is 2.54. The van der Waals surface area contributed by atoms with Crippen molar-refractivity contribution in [3.63, 3.8) is 0 Å². The Labute approximate surface area is 196 Å². The molecule has 3 heterocycles. The smallest absolute Gasteiger partial charge is 0.275 e. The van der Waals surface area contributed by atoms with E-state index in [4.69, 9.17) is 14.2 Å². The second-order valence-corrected chi connectivity index (χ2v) is 8.46. The fraction of sp³-hybridized carbons (Fsp3) is 0.320. The molecule has 0 radical (unpaired) electrons. The highest BCUT2D eigenvalue weighted by molar-refractivity contribution is 6.01. The van der Waals surface area contributed by atoms with Crippen molar-refractivity contribution in [2.75, 3.05) is 34.4 Å². The van der Waals surface area contributed by atoms with Crippen molar-refractivity contribution in [3.05, 3.63) is 53.2 Å². The van der Waals surface area contributed by atoms with Gasteiger partial charge in [-0.05, 0) is 37.1 Å². The molecule has 1 saturated heterocycles. The van der Waals surface area contributed by atoms with Gasteiger partial charge < -0.3 is 24.1 Å². The van der Waals surface area contributed by atoms with Crippen LogP contribution in [-0.2, 0) is 21.5 Å². The molecule has 34 heavy (non-hydrogen) atoms. The number of hydrazone groups is 1. The molecule has 0 spiro atoms. The molecule has 0 bridgehead atoms. The predicted octanol–water partition coefficient (Wildman–Crippen LogP) is 2.67. The summed E-state index contributed by atoms with van der Waals surface area (Å²) >= 11 is 0. The van der Waals surface area contributed by atoms with Gasteiger partial charge in [-0.3, -0.25) is 9.59 Å². The Balaban J connectivity index is 1.53. The number of nitrogens with zero attached hydrogens (tertiary/aromatic N) is 3. The maximum Gasteiger partial charge on any atom is 0.275 e. The largest absolute Gasteiger partial charge is 0.493 e. The number of carbonyl (C=O) groups is 2. The molecule has 1 aromatic heterocycles. The van der Waals surface area contributed by atoms with Gasteiger partial charge in [0.1, 0.15) is 6.54 Å². The summed E-state index contributed by atoms with van der Waals surface area (Å²) < 4.78 is 16.1. The van der Waals surface area contributed by atoms with Crippen LogP contribution < -0.4 is 14.2 Å². The van der Waals surface area contributed by atoms with Crippen LogP contribution in [0.5, 0.6) is 17.2 Å². The molecule has 2 aromatic carbocycles. The van der Waals surface area contributed by atoms with E-state index in [1.165, 1.54) is 32.6 Å². The summed E-state index contributed by atoms with van der Waals surface area (Å²) in [6.07, 6.45) is 2.21. The lowest BCUT2D eigenvalue weighted by atomic mass is 9.83. The molecule has 9 heteroatoms. The van der Waals surface area contributed by atoms with Crippen LogP contribution in [0, 0.1) is 0 Å². The molecule has 3 aromatic rings. The normalized spacial score (nSPS) is 20.0. The van der Waals surface area contributed by atoms with E-state index in [1.807, 2.05) is 24.3 Å². The minimum atomic E-state index is -1.16. The third kappa shape index (κ3) is 3.11. The van der Waals surface area contributed by atoms with E-state index in [0.29, 0.717) is 35.8 Å². The first-order chi connectivity index (χ1) is 16.4. The number of ether oxygens (including phenoxy) is 3. The lowest BCUT2D eigenvalue weighted by Gasteiger charge is -2.48. The highest BCUT2D eigenvalue weighted by Crippen LogP contribution is 2.42. The molecule has 1 atom stereocenters. The van der Waals surface area contributed by atoms with Crippen molar-refractivity contribution in [2.24, 2.45) is 5.10 Å². The van der Waals surface area contributed by atoms with E-state index in [-0.39, 0.29) is 18.4 Å². The summed E-state index contributed by atoms with van der Waals surface area (Å²) in [5, 5.41) is 6.72. The molecule has 0 aliphatic carbocycles. The summed E-state index contributed by atoms with van der Waals surface area (Å²) in [6.45, 7) is 2.16. The van der Waals surface area contributed by atoms with Crippen LogP contribution in [0.2, 0.25) is 0 Å². The van der Waals surface area contributed by atoms with Gasteiger partial charge in [-0.1, -0.05) is 18.2 Å². The van der Waals surface area contributed by atoms with Crippen molar-refractivity contribution in [3.8, 4) is 17.2 Å². The van der Waals surface area contributed by atoms with Crippen molar-refractivity contribution >= 4 is 28.9 Å². The Kier molecular flexibility index (Phi) is 5.19. The number of amides is 2. The number of fused-ring (bicyclic) bond motifs is 5. The van der Waals surface area contributed by atoms with Crippen molar-refractivity contribution < 1.29 is 23.8 Å². The lowest BCUT2D eigenvalue weighted by molar-refractivity contribution is -0.165. The molecule has 5 rings (SSSR count). The Morgan fingerprint density at radius 3 is 2.44 bits per heavy atom. The fourth-order valence-electron chi connectivity index (χ4n) is 5.00. The van der Waals surface area contributed by atoms with Gasteiger partial charge in [0.25, 0.3) is 5.91 Å². The summed E-state index contributed by atoms with van der Waals surface area (Å²) in [7, 11) is 4.59. The Morgan fingerprint density at radius 1 is 1.06 bits per heavy atom. The quantitative estimate of drug-likeness (QED) is 0.588. The molecular formula is C25H26N4O5. The van der Waals surface area contributed by atoms with Crippen LogP contribution in [0.15, 0.2) is 41.5 Å². The van der Waals surface area contributed by atoms with Gasteiger partial charge in [-0.2, -0.15) is 5.10 Å². The zero-order chi connectivity index (χ0) is 24.0. The average Bonchev–Trinajstić information content (AvgIpc) is 3.24. The molecule has 9 nitrogen and oxygen atoms in total. The number of benzene rings is 2. The number of nitrogens with one attached hydrogen (secondary N) is 1. The van der Waals surface area contributed by atoms with Crippen LogP contribution in [0.25, 0.3) is 10.9 Å². The molecule has 176 valence electrons. The first kappa shape index (κ1) is 21.8. The topological polar surface area (TPSA) is 96.5 Å². The van der Waals surface area contributed by atoms with Crippen LogP contribution >= 0.6 is 0 Å². The SMILES string of the molecule is COc1cc(C=NN2CC(=O)N3CCc4c([nH]c5ccccc45)C3(C)C2=O)cc(OC)c1OC. The predicted molar refractivity (Wildman–Crippen MR) is 126 cm³/mol. The Bertz CT molecular complexity index is 1310. The van der Waals surface area contributed by atoms with E-state index in [2.05, 4.69) is 10.1 Å². The maximum atomic E-state index is 13.8. The van der Waals surface area contributed by atoms with Gasteiger partial charge in [0, 0.05) is 23.0 Å². The molecule has 2 aliphatic heterocycles. The van der Waals surface area contributed by atoms with Crippen LogP contribution in [0.1, 0.15) is 23.7 Å². The first-order valence-corrected chi connectivity index (χ1v) is 11.0. The van der Waals surface area contributed by atoms with Gasteiger partial charge in [-0.15, -0.1) is 0 Å². The zero-order valence-electron chi connectivity index (χ0n) is 19.5. The summed E-state index contributed by atoms with van der Waals surface area (Å²) in [5.74, 6) is 0.995. The van der Waals surface area contributed by atoms with Crippen LogP contribution in [0.3, 0.4) is 0 Å². The Morgan fingerprint density at radius 2 is 1.76 bits per heavy atom. The third-order valence-corrected chi connectivity index (χ3v) is 6.70. The summed E-state index contributed by atoms with van der Waals surface area (Å²) in [6, 6.07) is 11.4. The van der Waals surface area contributed by atoms with Gasteiger partial charge >= 0.3 is 0 Å². The average molecular weight is 463 g/mol. The standard InChI is InChI=1S/C25H26N4O5/c1-25-23-17(16-7-5-6-8-18(16)27-23)9-10-28(25)21(30)14-29(24(25)31)26-13-15-11-19(32-2)22(34-4)20(12-15)33-3/h5-8,11-13,27H,9-10,14H2,1-4H3. The fourth-order valence-corrected chi connectivity index (χ4v) is 5.00. The van der Waals surface area contributed by atoms with Gasteiger partial charge in [0.15, 0.2) is 17.0 Å². The van der Waals surface area contributed by atoms with Crippen LogP contribution in [0.4, 0.5) is 0 Å². The number of aromatic nitrogens is 1. The molecular weight excluding hydrogens is 436 g/mol. The zero-order valence-corrected chi connectivity index (χ0v) is 19.5. The molecule has 0 saturated carbocycles. The van der Waals surface area contributed by atoms with Gasteiger partial charge in [-0.25, -0.2) is 5.01 Å². The van der Waals surface area contributed by atoms with E-state index in [0.717, 1.165) is 22.2 Å². The van der Waals surface area contributed by atoms with E-state index >= 15 is 0 Å². The number of aromatic amines is 1. The van der Waals surface area contributed by atoms with Gasteiger partial charge in [0.05, 0.1) is 33.2 Å². The second kappa shape index (κ2) is 8.09. The molecule has 1 unspecified atom stereocenters. The van der Waals surface area contributed by atoms with E-state index in [9.17, 15) is 9.59 Å². The Hall–Kier alpha value is -4.01. The number of hydrogen-bond donors (Lipinski definition) is 1. The second-order valence-electron chi connectivity index (χ2n) is 8.46. The minimum Gasteiger partial charge on any atom is -0.493 e. The number of para-hydroxylation sites is 1. The minimum absolute atomic E-state index is 0.120. The molecule has 1 fully saturated rings. The molecule has 2 amide bonds. The summed E-state index contributed by atoms with van der Waals surface area (Å²) in [4.78, 5) is 31.9. The van der Waals surface area contributed by atoms with Gasteiger partial charge in [0.2, 0.25) is 11.7 Å². The summed E-state index contributed by atoms with van der Waals surface area (Å²) in [5.41, 5.74) is 2.26. The monoisotopic (exact) mass is 462 g/mol. The number of hydrogen-bond acceptors (Lipinski definition) is 6. The number of H-pyrrole nitrogens is 1.